The molecule has 0 aliphatic carbocycles. The molecule has 3 rings (SSSR count). The molecule has 0 bridgehead atoms. The number of hydrogen-bond donors (Lipinski definition) is 2. The Labute approximate surface area is 159 Å². The second-order valence-electron chi connectivity index (χ2n) is 7.16. The lowest BCUT2D eigenvalue weighted by Crippen LogP contribution is -2.53. The van der Waals surface area contributed by atoms with Crippen molar-refractivity contribution in [2.24, 2.45) is 0 Å². The summed E-state index contributed by atoms with van der Waals surface area (Å²) < 4.78 is 5.40. The fourth-order valence-corrected chi connectivity index (χ4v) is 3.63. The van der Waals surface area contributed by atoms with Gasteiger partial charge in [-0.05, 0) is 44.7 Å². The number of carbonyl (C=O) groups excluding carboxylic acids is 3. The molecule has 1 aromatic carbocycles. The first-order valence-corrected chi connectivity index (χ1v) is 9.61. The van der Waals surface area contributed by atoms with Gasteiger partial charge in [-0.2, -0.15) is 0 Å². The minimum absolute atomic E-state index is 0.157. The second kappa shape index (κ2) is 8.99. The molecule has 1 aromatic rings. The molecule has 27 heavy (non-hydrogen) atoms. The van der Waals surface area contributed by atoms with E-state index in [1.54, 1.807) is 11.8 Å². The predicted octanol–water partition coefficient (Wildman–Crippen LogP) is 0.978. The van der Waals surface area contributed by atoms with Gasteiger partial charge in [0.2, 0.25) is 11.8 Å². The highest BCUT2D eigenvalue weighted by Gasteiger charge is 2.37. The first-order valence-electron chi connectivity index (χ1n) is 9.61. The van der Waals surface area contributed by atoms with Crippen molar-refractivity contribution < 1.29 is 19.1 Å². The lowest BCUT2D eigenvalue weighted by atomic mass is 10.1. The topological polar surface area (TPSA) is 87.7 Å². The maximum Gasteiger partial charge on any atom is 0.329 e. The summed E-state index contributed by atoms with van der Waals surface area (Å²) in [4.78, 5) is 39.0. The summed E-state index contributed by atoms with van der Waals surface area (Å²) in [5.41, 5.74) is 0.909. The molecule has 3 atom stereocenters. The van der Waals surface area contributed by atoms with E-state index in [1.165, 1.54) is 0 Å². The smallest absolute Gasteiger partial charge is 0.329 e. The van der Waals surface area contributed by atoms with Gasteiger partial charge in [0.25, 0.3) is 0 Å². The van der Waals surface area contributed by atoms with Crippen LogP contribution in [0.3, 0.4) is 0 Å². The molecular formula is C20H27N3O4. The van der Waals surface area contributed by atoms with E-state index in [1.807, 2.05) is 30.3 Å². The van der Waals surface area contributed by atoms with Gasteiger partial charge in [-0.1, -0.05) is 30.3 Å². The monoisotopic (exact) mass is 373 g/mol. The van der Waals surface area contributed by atoms with Crippen molar-refractivity contribution in [3.8, 4) is 0 Å². The summed E-state index contributed by atoms with van der Waals surface area (Å²) in [5, 5.41) is 5.89. The first-order chi connectivity index (χ1) is 13.1. The van der Waals surface area contributed by atoms with E-state index in [0.29, 0.717) is 13.0 Å². The van der Waals surface area contributed by atoms with Crippen LogP contribution in [0.4, 0.5) is 0 Å². The molecule has 0 aromatic heterocycles. The van der Waals surface area contributed by atoms with Crippen LogP contribution in [0.25, 0.3) is 0 Å². The number of nitrogens with one attached hydrogen (secondary N) is 2. The molecule has 0 spiro atoms. The van der Waals surface area contributed by atoms with Crippen LogP contribution < -0.4 is 10.6 Å². The summed E-state index contributed by atoms with van der Waals surface area (Å²) >= 11 is 0. The number of hydrogen-bond acceptors (Lipinski definition) is 5. The van der Waals surface area contributed by atoms with Crippen LogP contribution in [0, 0.1) is 0 Å². The van der Waals surface area contributed by atoms with Gasteiger partial charge in [-0.25, -0.2) is 4.79 Å². The van der Waals surface area contributed by atoms with E-state index in [2.05, 4.69) is 10.6 Å². The summed E-state index contributed by atoms with van der Waals surface area (Å²) in [6.07, 6.45) is 3.08. The van der Waals surface area contributed by atoms with E-state index in [0.717, 1.165) is 31.4 Å². The highest BCUT2D eigenvalue weighted by Crippen LogP contribution is 2.20. The molecule has 2 aliphatic heterocycles. The SMILES string of the molecule is C[C@H](NC(=O)[C@@H]1CCCN1)C(=O)N1CCC[C@H]1C(=O)OCc1ccccc1. The van der Waals surface area contributed by atoms with E-state index in [9.17, 15) is 14.4 Å². The van der Waals surface area contributed by atoms with E-state index in [4.69, 9.17) is 4.74 Å². The number of likely N-dealkylation sites (tertiary alicyclic amines) is 1. The second-order valence-corrected chi connectivity index (χ2v) is 7.16. The number of esters is 1. The van der Waals surface area contributed by atoms with E-state index < -0.39 is 12.1 Å². The average Bonchev–Trinajstić information content (AvgIpc) is 3.38. The first kappa shape index (κ1) is 19.4. The molecular weight excluding hydrogens is 346 g/mol. The van der Waals surface area contributed by atoms with Crippen molar-refractivity contribution in [2.45, 2.75) is 57.3 Å². The zero-order valence-corrected chi connectivity index (χ0v) is 15.6. The van der Waals surface area contributed by atoms with Gasteiger partial charge in [-0.15, -0.1) is 0 Å². The third-order valence-electron chi connectivity index (χ3n) is 5.14. The van der Waals surface area contributed by atoms with E-state index >= 15 is 0 Å². The van der Waals surface area contributed by atoms with Crippen LogP contribution in [0.5, 0.6) is 0 Å². The number of amides is 2. The Morgan fingerprint density at radius 1 is 1.22 bits per heavy atom. The average molecular weight is 373 g/mol. The molecule has 146 valence electrons. The summed E-state index contributed by atoms with van der Waals surface area (Å²) in [7, 11) is 0. The van der Waals surface area contributed by atoms with Crippen LogP contribution >= 0.6 is 0 Å². The highest BCUT2D eigenvalue weighted by atomic mass is 16.5. The number of carbonyl (C=O) groups is 3. The van der Waals surface area contributed by atoms with E-state index in [-0.39, 0.29) is 30.4 Å². The number of nitrogens with zero attached hydrogens (tertiary/aromatic N) is 1. The minimum Gasteiger partial charge on any atom is -0.459 e. The largest absolute Gasteiger partial charge is 0.459 e. The van der Waals surface area contributed by atoms with Crippen molar-refractivity contribution in [3.63, 3.8) is 0 Å². The fourth-order valence-electron chi connectivity index (χ4n) is 3.63. The quantitative estimate of drug-likeness (QED) is 0.726. The normalized spacial score (nSPS) is 23.1. The van der Waals surface area contributed by atoms with Gasteiger partial charge in [-0.3, -0.25) is 9.59 Å². The fraction of sp³-hybridized carbons (Fsp3) is 0.550. The lowest BCUT2D eigenvalue weighted by molar-refractivity contribution is -0.155. The van der Waals surface area contributed by atoms with Gasteiger partial charge < -0.3 is 20.3 Å². The van der Waals surface area contributed by atoms with Crippen LogP contribution in [-0.2, 0) is 25.7 Å². The van der Waals surface area contributed by atoms with Crippen molar-refractivity contribution >= 4 is 17.8 Å². The molecule has 2 aliphatic rings. The molecule has 7 heteroatoms. The zero-order valence-electron chi connectivity index (χ0n) is 15.6. The number of rotatable bonds is 6. The number of ether oxygens (including phenoxy) is 1. The third kappa shape index (κ3) is 4.86. The molecule has 2 heterocycles. The van der Waals surface area contributed by atoms with Crippen molar-refractivity contribution in [2.75, 3.05) is 13.1 Å². The van der Waals surface area contributed by atoms with Crippen LogP contribution in [0.15, 0.2) is 30.3 Å². The molecule has 2 amide bonds. The molecule has 0 saturated carbocycles. The van der Waals surface area contributed by atoms with Gasteiger partial charge in [0, 0.05) is 6.54 Å². The third-order valence-corrected chi connectivity index (χ3v) is 5.14. The van der Waals surface area contributed by atoms with Gasteiger partial charge >= 0.3 is 5.97 Å². The Morgan fingerprint density at radius 3 is 2.70 bits per heavy atom. The predicted molar refractivity (Wildman–Crippen MR) is 99.6 cm³/mol. The molecule has 0 unspecified atom stereocenters. The van der Waals surface area contributed by atoms with Gasteiger partial charge in [0.1, 0.15) is 18.7 Å². The van der Waals surface area contributed by atoms with Gasteiger partial charge in [0.15, 0.2) is 0 Å². The Balaban J connectivity index is 1.53. The molecule has 7 nitrogen and oxygen atoms in total. The summed E-state index contributed by atoms with van der Waals surface area (Å²) in [6.45, 7) is 3.19. The maximum atomic E-state index is 12.8. The lowest BCUT2D eigenvalue weighted by Gasteiger charge is -2.27. The number of benzene rings is 1. The summed E-state index contributed by atoms with van der Waals surface area (Å²) in [5.74, 6) is -0.781. The Bertz CT molecular complexity index is 673. The van der Waals surface area contributed by atoms with Crippen molar-refractivity contribution in [3.05, 3.63) is 35.9 Å². The highest BCUT2D eigenvalue weighted by molar-refractivity contribution is 5.92. The minimum atomic E-state index is -0.664. The van der Waals surface area contributed by atoms with Crippen LogP contribution in [0.1, 0.15) is 38.2 Å². The molecule has 2 fully saturated rings. The van der Waals surface area contributed by atoms with Crippen LogP contribution in [0.2, 0.25) is 0 Å². The Kier molecular flexibility index (Phi) is 6.45. The van der Waals surface area contributed by atoms with Crippen molar-refractivity contribution in [1.29, 1.82) is 0 Å². The van der Waals surface area contributed by atoms with Crippen molar-refractivity contribution in [1.82, 2.24) is 15.5 Å². The summed E-state index contributed by atoms with van der Waals surface area (Å²) in [6, 6.07) is 7.98. The van der Waals surface area contributed by atoms with Crippen LogP contribution in [-0.4, -0.2) is 53.9 Å². The molecule has 0 radical (unpaired) electrons. The zero-order chi connectivity index (χ0) is 19.2. The molecule has 2 N–H and O–H groups in total. The Hall–Kier alpha value is -2.41. The molecule has 2 saturated heterocycles. The maximum absolute atomic E-state index is 12.8. The standard InChI is InChI=1S/C20H27N3O4/c1-14(22-18(24)16-9-5-11-21-16)19(25)23-12-6-10-17(23)20(26)27-13-15-7-3-2-4-8-15/h2-4,7-8,14,16-17,21H,5-6,9-13H2,1H3,(H,22,24)/t14-,16-,17-/m0/s1. The van der Waals surface area contributed by atoms with Gasteiger partial charge in [0.05, 0.1) is 6.04 Å². The Morgan fingerprint density at radius 2 is 2.00 bits per heavy atom.